The molecule has 0 aliphatic heterocycles. The van der Waals surface area contributed by atoms with Crippen molar-refractivity contribution < 1.29 is 4.74 Å². The predicted molar refractivity (Wildman–Crippen MR) is 70.1 cm³/mol. The fourth-order valence-electron chi connectivity index (χ4n) is 2.17. The number of nitrogens with two attached hydrogens (primary N) is 1. The largest absolute Gasteiger partial charge is 0.497 e. The number of nitrogen functional groups attached to an aromatic ring is 1. The summed E-state index contributed by atoms with van der Waals surface area (Å²) in [6.07, 6.45) is 5.60. The van der Waals surface area contributed by atoms with E-state index in [2.05, 4.69) is 6.07 Å². The van der Waals surface area contributed by atoms with Gasteiger partial charge in [0.05, 0.1) is 7.11 Å². The summed E-state index contributed by atoms with van der Waals surface area (Å²) in [7, 11) is 1.67. The van der Waals surface area contributed by atoms with Crippen LogP contribution in [0.2, 0.25) is 0 Å². The zero-order chi connectivity index (χ0) is 11.4. The van der Waals surface area contributed by atoms with E-state index in [0.717, 1.165) is 17.4 Å². The summed E-state index contributed by atoms with van der Waals surface area (Å²) in [4.78, 5) is 1.19. The average molecular weight is 237 g/mol. The molecule has 0 heterocycles. The number of anilines is 1. The van der Waals surface area contributed by atoms with Gasteiger partial charge in [0.25, 0.3) is 0 Å². The number of methoxy groups -OCH3 is 1. The van der Waals surface area contributed by atoms with Gasteiger partial charge in [-0.3, -0.25) is 0 Å². The molecular formula is C13H19NOS. The van der Waals surface area contributed by atoms with E-state index in [4.69, 9.17) is 10.5 Å². The van der Waals surface area contributed by atoms with E-state index in [0.29, 0.717) is 0 Å². The van der Waals surface area contributed by atoms with Crippen LogP contribution in [0.1, 0.15) is 25.7 Å². The Hall–Kier alpha value is -0.830. The first-order valence-corrected chi connectivity index (χ1v) is 6.84. The molecule has 2 rings (SSSR count). The molecule has 1 aliphatic rings. The highest BCUT2D eigenvalue weighted by Gasteiger charge is 2.15. The fourth-order valence-corrected chi connectivity index (χ4v) is 3.31. The number of hydrogen-bond acceptors (Lipinski definition) is 3. The molecule has 0 spiro atoms. The van der Waals surface area contributed by atoms with Crippen molar-refractivity contribution in [3.8, 4) is 5.75 Å². The van der Waals surface area contributed by atoms with Gasteiger partial charge in [-0.15, -0.1) is 11.8 Å². The van der Waals surface area contributed by atoms with Gasteiger partial charge >= 0.3 is 0 Å². The molecule has 0 radical (unpaired) electrons. The van der Waals surface area contributed by atoms with Crippen LogP contribution in [-0.2, 0) is 0 Å². The van der Waals surface area contributed by atoms with E-state index in [1.807, 2.05) is 23.9 Å². The minimum atomic E-state index is 0.836. The lowest BCUT2D eigenvalue weighted by Crippen LogP contribution is -1.98. The number of thioether (sulfide) groups is 1. The Balaban J connectivity index is 1.93. The molecule has 0 unspecified atom stereocenters. The Morgan fingerprint density at radius 1 is 1.38 bits per heavy atom. The van der Waals surface area contributed by atoms with E-state index in [1.54, 1.807) is 7.11 Å². The number of ether oxygens (including phenoxy) is 1. The molecule has 1 aromatic rings. The molecule has 1 saturated carbocycles. The van der Waals surface area contributed by atoms with E-state index in [9.17, 15) is 0 Å². The summed E-state index contributed by atoms with van der Waals surface area (Å²) in [5.41, 5.74) is 6.82. The van der Waals surface area contributed by atoms with Crippen molar-refractivity contribution >= 4 is 17.4 Å². The summed E-state index contributed by atoms with van der Waals surface area (Å²) in [5, 5.41) is 0. The molecular weight excluding hydrogens is 218 g/mol. The monoisotopic (exact) mass is 237 g/mol. The maximum absolute atomic E-state index is 5.98. The Kier molecular flexibility index (Phi) is 3.99. The smallest absolute Gasteiger partial charge is 0.120 e. The summed E-state index contributed by atoms with van der Waals surface area (Å²) in [6.45, 7) is 0. The highest BCUT2D eigenvalue weighted by Crippen LogP contribution is 2.34. The normalized spacial score (nSPS) is 16.6. The molecule has 0 bridgehead atoms. The van der Waals surface area contributed by atoms with Crippen molar-refractivity contribution in [2.75, 3.05) is 18.6 Å². The minimum absolute atomic E-state index is 0.836. The van der Waals surface area contributed by atoms with E-state index in [-0.39, 0.29) is 0 Å². The summed E-state index contributed by atoms with van der Waals surface area (Å²) in [6, 6.07) is 5.94. The third-order valence-corrected chi connectivity index (χ3v) is 4.49. The van der Waals surface area contributed by atoms with Gasteiger partial charge in [0, 0.05) is 22.4 Å². The standard InChI is InChI=1S/C13H19NOS/c1-15-11-6-7-13(12(14)8-11)16-9-10-4-2-3-5-10/h6-8,10H,2-5,9,14H2,1H3. The van der Waals surface area contributed by atoms with Gasteiger partial charge in [-0.2, -0.15) is 0 Å². The number of benzene rings is 1. The Bertz CT molecular complexity index is 348. The van der Waals surface area contributed by atoms with Crippen LogP contribution in [0.4, 0.5) is 5.69 Å². The van der Waals surface area contributed by atoms with Gasteiger partial charge in [-0.1, -0.05) is 12.8 Å². The second kappa shape index (κ2) is 5.48. The van der Waals surface area contributed by atoms with Crippen LogP contribution < -0.4 is 10.5 Å². The molecule has 0 atom stereocenters. The third kappa shape index (κ3) is 2.85. The maximum Gasteiger partial charge on any atom is 0.120 e. The highest BCUT2D eigenvalue weighted by molar-refractivity contribution is 7.99. The molecule has 1 fully saturated rings. The van der Waals surface area contributed by atoms with Gasteiger partial charge in [0.1, 0.15) is 5.75 Å². The first kappa shape index (κ1) is 11.6. The van der Waals surface area contributed by atoms with Crippen LogP contribution >= 0.6 is 11.8 Å². The lowest BCUT2D eigenvalue weighted by atomic mass is 10.1. The van der Waals surface area contributed by atoms with Crippen LogP contribution in [0.5, 0.6) is 5.75 Å². The second-order valence-corrected chi connectivity index (χ2v) is 5.43. The van der Waals surface area contributed by atoms with E-state index in [1.165, 1.54) is 36.3 Å². The van der Waals surface area contributed by atoms with Gasteiger partial charge in [-0.25, -0.2) is 0 Å². The van der Waals surface area contributed by atoms with Crippen LogP contribution in [0, 0.1) is 5.92 Å². The van der Waals surface area contributed by atoms with Gasteiger partial charge in [-0.05, 0) is 30.9 Å². The van der Waals surface area contributed by atoms with Gasteiger partial charge in [0.2, 0.25) is 0 Å². The summed E-state index contributed by atoms with van der Waals surface area (Å²) in [5.74, 6) is 2.94. The van der Waals surface area contributed by atoms with Crippen molar-refractivity contribution in [2.24, 2.45) is 5.92 Å². The third-order valence-electron chi connectivity index (χ3n) is 3.17. The maximum atomic E-state index is 5.98. The first-order valence-electron chi connectivity index (χ1n) is 5.86. The Morgan fingerprint density at radius 2 is 2.12 bits per heavy atom. The second-order valence-electron chi connectivity index (χ2n) is 4.37. The SMILES string of the molecule is COc1ccc(SCC2CCCC2)c(N)c1. The van der Waals surface area contributed by atoms with Crippen LogP contribution in [-0.4, -0.2) is 12.9 Å². The molecule has 1 aromatic carbocycles. The lowest BCUT2D eigenvalue weighted by molar-refractivity contribution is 0.415. The van der Waals surface area contributed by atoms with Gasteiger partial charge in [0.15, 0.2) is 0 Å². The molecule has 1 aliphatic carbocycles. The van der Waals surface area contributed by atoms with E-state index < -0.39 is 0 Å². The minimum Gasteiger partial charge on any atom is -0.497 e. The zero-order valence-corrected chi connectivity index (χ0v) is 10.6. The molecule has 0 saturated heterocycles. The van der Waals surface area contributed by atoms with Crippen LogP contribution in [0.3, 0.4) is 0 Å². The molecule has 2 nitrogen and oxygen atoms in total. The first-order chi connectivity index (χ1) is 7.79. The van der Waals surface area contributed by atoms with Gasteiger partial charge < -0.3 is 10.5 Å². The van der Waals surface area contributed by atoms with E-state index >= 15 is 0 Å². The van der Waals surface area contributed by atoms with Crippen molar-refractivity contribution in [1.29, 1.82) is 0 Å². The quantitative estimate of drug-likeness (QED) is 0.642. The lowest BCUT2D eigenvalue weighted by Gasteiger charge is -2.10. The molecule has 88 valence electrons. The molecule has 3 heteroatoms. The summed E-state index contributed by atoms with van der Waals surface area (Å²) < 4.78 is 5.14. The number of rotatable bonds is 4. The highest BCUT2D eigenvalue weighted by atomic mass is 32.2. The molecule has 0 amide bonds. The Labute approximate surface area is 102 Å². The Morgan fingerprint density at radius 3 is 2.75 bits per heavy atom. The van der Waals surface area contributed by atoms with Crippen LogP contribution in [0.25, 0.3) is 0 Å². The molecule has 2 N–H and O–H groups in total. The summed E-state index contributed by atoms with van der Waals surface area (Å²) >= 11 is 1.88. The van der Waals surface area contributed by atoms with Crippen LogP contribution in [0.15, 0.2) is 23.1 Å². The molecule has 0 aromatic heterocycles. The van der Waals surface area contributed by atoms with Crippen molar-refractivity contribution in [2.45, 2.75) is 30.6 Å². The average Bonchev–Trinajstić information content (AvgIpc) is 2.80. The zero-order valence-electron chi connectivity index (χ0n) is 9.74. The van der Waals surface area contributed by atoms with Crippen molar-refractivity contribution in [3.05, 3.63) is 18.2 Å². The number of hydrogen-bond donors (Lipinski definition) is 1. The molecule has 16 heavy (non-hydrogen) atoms. The topological polar surface area (TPSA) is 35.2 Å². The van der Waals surface area contributed by atoms with Crippen molar-refractivity contribution in [1.82, 2.24) is 0 Å². The predicted octanol–water partition coefficient (Wildman–Crippen LogP) is 3.56. The van der Waals surface area contributed by atoms with Crippen molar-refractivity contribution in [3.63, 3.8) is 0 Å². The fraction of sp³-hybridized carbons (Fsp3) is 0.538.